The Morgan fingerprint density at radius 3 is 2.84 bits per heavy atom. The largest absolute Gasteiger partial charge is 0.462 e. The average Bonchev–Trinajstić information content (AvgIpc) is 3.30. The van der Waals surface area contributed by atoms with Gasteiger partial charge >= 0.3 is 5.97 Å². The number of aryl methyl sites for hydroxylation is 2. The topological polar surface area (TPSA) is 99.0 Å². The molecule has 2 aromatic heterocycles. The van der Waals surface area contributed by atoms with Crippen molar-refractivity contribution in [2.24, 2.45) is 0 Å². The number of hydrogen-bond donors (Lipinski definition) is 1. The molecule has 0 saturated heterocycles. The fourth-order valence-corrected chi connectivity index (χ4v) is 4.43. The Balaban J connectivity index is 1.68. The van der Waals surface area contributed by atoms with Crippen molar-refractivity contribution in [1.82, 2.24) is 19.7 Å². The number of anilines is 1. The van der Waals surface area contributed by atoms with E-state index in [1.807, 2.05) is 35.8 Å². The van der Waals surface area contributed by atoms with Gasteiger partial charge in [0.05, 0.1) is 18.1 Å². The lowest BCUT2D eigenvalue weighted by atomic mass is 10.1. The molecule has 1 amide bonds. The van der Waals surface area contributed by atoms with Crippen LogP contribution in [-0.4, -0.2) is 44.0 Å². The molecule has 1 N–H and O–H groups in total. The zero-order valence-corrected chi connectivity index (χ0v) is 19.2. The smallest absolute Gasteiger partial charge is 0.350 e. The van der Waals surface area contributed by atoms with Crippen molar-refractivity contribution >= 4 is 40.1 Å². The number of thioether (sulfide) groups is 1. The maximum atomic E-state index is 12.4. The quantitative estimate of drug-likeness (QED) is 0.293. The van der Waals surface area contributed by atoms with Crippen molar-refractivity contribution < 1.29 is 14.3 Å². The molecule has 1 aromatic carbocycles. The Hall–Kier alpha value is -2.98. The highest BCUT2D eigenvalue weighted by atomic mass is 32.2. The van der Waals surface area contributed by atoms with Crippen LogP contribution < -0.4 is 5.32 Å². The standard InChI is InChI=1S/C21H23N5O3S2/c1-5-10-26-18(15-9-7-8-13(3)11-15)24-25-21(26)30-12-16(27)23-20-22-14(4)17(31-20)19(28)29-6-2/h5,7-9,11H,1,6,10,12H2,2-4H3,(H,22,23,27). The van der Waals surface area contributed by atoms with Crippen LogP contribution in [0.25, 0.3) is 11.4 Å². The summed E-state index contributed by atoms with van der Waals surface area (Å²) in [5.74, 6) is 0.158. The summed E-state index contributed by atoms with van der Waals surface area (Å²) < 4.78 is 6.93. The van der Waals surface area contributed by atoms with E-state index in [0.29, 0.717) is 27.4 Å². The van der Waals surface area contributed by atoms with E-state index < -0.39 is 5.97 Å². The molecule has 3 rings (SSSR count). The molecule has 0 unspecified atom stereocenters. The molecule has 10 heteroatoms. The number of nitrogens with one attached hydrogen (secondary N) is 1. The molecule has 0 bridgehead atoms. The van der Waals surface area contributed by atoms with E-state index in [4.69, 9.17) is 4.74 Å². The third kappa shape index (κ3) is 5.59. The monoisotopic (exact) mass is 457 g/mol. The van der Waals surface area contributed by atoms with Crippen molar-refractivity contribution in [3.63, 3.8) is 0 Å². The van der Waals surface area contributed by atoms with E-state index in [1.165, 1.54) is 11.8 Å². The maximum Gasteiger partial charge on any atom is 0.350 e. The van der Waals surface area contributed by atoms with Gasteiger partial charge < -0.3 is 10.1 Å². The van der Waals surface area contributed by atoms with E-state index in [1.54, 1.807) is 19.9 Å². The van der Waals surface area contributed by atoms with E-state index in [0.717, 1.165) is 28.3 Å². The SMILES string of the molecule is C=CCn1c(SCC(=O)Nc2nc(C)c(C(=O)OCC)s2)nnc1-c1cccc(C)c1. The number of aromatic nitrogens is 4. The first kappa shape index (κ1) is 22.7. The first-order valence-corrected chi connectivity index (χ1v) is 11.4. The second-order valence-corrected chi connectivity index (χ2v) is 8.51. The molecule has 162 valence electrons. The molecule has 31 heavy (non-hydrogen) atoms. The van der Waals surface area contributed by atoms with Crippen LogP contribution >= 0.6 is 23.1 Å². The molecule has 0 aliphatic carbocycles. The predicted molar refractivity (Wildman–Crippen MR) is 123 cm³/mol. The summed E-state index contributed by atoms with van der Waals surface area (Å²) in [6.07, 6.45) is 1.77. The molecule has 0 aliphatic rings. The molecule has 0 aliphatic heterocycles. The van der Waals surface area contributed by atoms with Crippen molar-refractivity contribution in [3.8, 4) is 11.4 Å². The highest BCUT2D eigenvalue weighted by Gasteiger charge is 2.19. The number of carbonyl (C=O) groups excluding carboxylic acids is 2. The van der Waals surface area contributed by atoms with Crippen LogP contribution in [0.3, 0.4) is 0 Å². The average molecular weight is 458 g/mol. The molecular weight excluding hydrogens is 434 g/mol. The first-order chi connectivity index (χ1) is 14.9. The van der Waals surface area contributed by atoms with Gasteiger partial charge in [-0.15, -0.1) is 16.8 Å². The molecule has 0 spiro atoms. The maximum absolute atomic E-state index is 12.4. The predicted octanol–water partition coefficient (Wildman–Crippen LogP) is 4.11. The summed E-state index contributed by atoms with van der Waals surface area (Å²) in [4.78, 5) is 29.0. The number of nitrogens with zero attached hydrogens (tertiary/aromatic N) is 4. The van der Waals surface area contributed by atoms with Gasteiger partial charge in [-0.2, -0.15) is 0 Å². The van der Waals surface area contributed by atoms with Gasteiger partial charge in [0.25, 0.3) is 0 Å². The lowest BCUT2D eigenvalue weighted by Crippen LogP contribution is -2.14. The first-order valence-electron chi connectivity index (χ1n) is 9.61. The lowest BCUT2D eigenvalue weighted by molar-refractivity contribution is -0.113. The van der Waals surface area contributed by atoms with E-state index >= 15 is 0 Å². The van der Waals surface area contributed by atoms with Crippen LogP contribution in [0, 0.1) is 13.8 Å². The Kier molecular flexibility index (Phi) is 7.59. The molecule has 0 radical (unpaired) electrons. The summed E-state index contributed by atoms with van der Waals surface area (Å²) >= 11 is 2.37. The van der Waals surface area contributed by atoms with E-state index in [-0.39, 0.29) is 18.3 Å². The van der Waals surface area contributed by atoms with Crippen molar-refractivity contribution in [3.05, 3.63) is 53.1 Å². The van der Waals surface area contributed by atoms with Crippen LogP contribution in [0.15, 0.2) is 42.1 Å². The normalized spacial score (nSPS) is 10.7. The number of esters is 1. The number of thiazole rings is 1. The number of benzene rings is 1. The van der Waals surface area contributed by atoms with E-state index in [9.17, 15) is 9.59 Å². The van der Waals surface area contributed by atoms with Crippen LogP contribution in [0.5, 0.6) is 0 Å². The van der Waals surface area contributed by atoms with Crippen molar-refractivity contribution in [2.45, 2.75) is 32.5 Å². The summed E-state index contributed by atoms with van der Waals surface area (Å²) in [7, 11) is 0. The zero-order chi connectivity index (χ0) is 22.4. The second kappa shape index (κ2) is 10.4. The number of rotatable bonds is 9. The molecular formula is C21H23N5O3S2. The Morgan fingerprint density at radius 1 is 1.32 bits per heavy atom. The number of amides is 1. The van der Waals surface area contributed by atoms with Gasteiger partial charge in [-0.3, -0.25) is 9.36 Å². The Labute approximate surface area is 188 Å². The molecule has 0 fully saturated rings. The van der Waals surface area contributed by atoms with Crippen LogP contribution in [-0.2, 0) is 16.1 Å². The molecule has 3 aromatic rings. The fraction of sp³-hybridized carbons (Fsp3) is 0.286. The lowest BCUT2D eigenvalue weighted by Gasteiger charge is -2.08. The third-order valence-electron chi connectivity index (χ3n) is 4.14. The van der Waals surface area contributed by atoms with Crippen LogP contribution in [0.2, 0.25) is 0 Å². The fourth-order valence-electron chi connectivity index (χ4n) is 2.81. The summed E-state index contributed by atoms with van der Waals surface area (Å²) in [5.41, 5.74) is 2.61. The molecule has 0 saturated carbocycles. The van der Waals surface area contributed by atoms with Crippen LogP contribution in [0.4, 0.5) is 5.13 Å². The summed E-state index contributed by atoms with van der Waals surface area (Å²) in [5, 5.41) is 12.3. The number of carbonyl (C=O) groups is 2. The minimum Gasteiger partial charge on any atom is -0.462 e. The molecule has 0 atom stereocenters. The molecule has 2 heterocycles. The summed E-state index contributed by atoms with van der Waals surface area (Å²) in [6, 6.07) is 8.00. The Bertz CT molecular complexity index is 1110. The number of allylic oxidation sites excluding steroid dienone is 1. The minimum atomic E-state index is -0.437. The highest BCUT2D eigenvalue weighted by Crippen LogP contribution is 2.26. The van der Waals surface area contributed by atoms with Gasteiger partial charge in [0.15, 0.2) is 16.1 Å². The van der Waals surface area contributed by atoms with Gasteiger partial charge in [0.1, 0.15) is 4.88 Å². The van der Waals surface area contributed by atoms with Crippen LogP contribution in [0.1, 0.15) is 27.9 Å². The summed E-state index contributed by atoms with van der Waals surface area (Å²) in [6.45, 7) is 10.1. The number of hydrogen-bond acceptors (Lipinski definition) is 8. The second-order valence-electron chi connectivity index (χ2n) is 6.57. The van der Waals surface area contributed by atoms with Gasteiger partial charge in [-0.05, 0) is 26.8 Å². The third-order valence-corrected chi connectivity index (χ3v) is 6.16. The van der Waals surface area contributed by atoms with Gasteiger partial charge in [-0.1, -0.05) is 52.9 Å². The number of ether oxygens (including phenoxy) is 1. The zero-order valence-electron chi connectivity index (χ0n) is 17.5. The Morgan fingerprint density at radius 2 is 2.13 bits per heavy atom. The minimum absolute atomic E-state index is 0.121. The van der Waals surface area contributed by atoms with Crippen molar-refractivity contribution in [2.75, 3.05) is 17.7 Å². The van der Waals surface area contributed by atoms with Gasteiger partial charge in [0, 0.05) is 12.1 Å². The highest BCUT2D eigenvalue weighted by molar-refractivity contribution is 7.99. The van der Waals surface area contributed by atoms with Gasteiger partial charge in [-0.25, -0.2) is 9.78 Å². The molecule has 8 nitrogen and oxygen atoms in total. The van der Waals surface area contributed by atoms with Crippen molar-refractivity contribution in [1.29, 1.82) is 0 Å². The van der Waals surface area contributed by atoms with Gasteiger partial charge in [0.2, 0.25) is 5.91 Å². The van der Waals surface area contributed by atoms with E-state index in [2.05, 4.69) is 27.1 Å².